The number of aliphatic imine (C=N–C) groups is 1. The molecule has 23 heavy (non-hydrogen) atoms. The van der Waals surface area contributed by atoms with Gasteiger partial charge in [-0.25, -0.2) is 0 Å². The first kappa shape index (κ1) is 22.0. The normalized spacial score (nSPS) is 11.4. The van der Waals surface area contributed by atoms with E-state index in [1.807, 2.05) is 38.1 Å². The minimum absolute atomic E-state index is 0. The maximum absolute atomic E-state index is 11.7. The largest absolute Gasteiger partial charge is 0.359 e. The quantitative estimate of drug-likeness (QED) is 0.353. The molecule has 0 aliphatic heterocycles. The van der Waals surface area contributed by atoms with E-state index in [0.29, 0.717) is 12.5 Å². The average molecular weight is 453 g/mol. The molecule has 7 heteroatoms. The highest BCUT2D eigenvalue weighted by Crippen LogP contribution is 2.13. The van der Waals surface area contributed by atoms with E-state index in [-0.39, 0.29) is 29.9 Å². The fourth-order valence-corrected chi connectivity index (χ4v) is 2.05. The molecule has 0 bridgehead atoms. The Morgan fingerprint density at radius 2 is 1.83 bits per heavy atom. The van der Waals surface area contributed by atoms with Gasteiger partial charge in [-0.3, -0.25) is 9.79 Å². The van der Waals surface area contributed by atoms with Crippen LogP contribution in [0.3, 0.4) is 0 Å². The molecule has 1 rings (SSSR count). The van der Waals surface area contributed by atoms with Crippen LogP contribution in [0.25, 0.3) is 0 Å². The number of benzene rings is 1. The summed E-state index contributed by atoms with van der Waals surface area (Å²) in [4.78, 5) is 15.9. The molecular formula is C16H26ClIN4O. The highest BCUT2D eigenvalue weighted by molar-refractivity contribution is 14.0. The molecule has 0 heterocycles. The number of nitrogens with one attached hydrogen (secondary N) is 3. The van der Waals surface area contributed by atoms with Gasteiger partial charge in [0, 0.05) is 32.2 Å². The number of guanidine groups is 1. The smallest absolute Gasteiger partial charge is 0.227 e. The predicted octanol–water partition coefficient (Wildman–Crippen LogP) is 2.44. The van der Waals surface area contributed by atoms with Gasteiger partial charge in [0.2, 0.25) is 5.91 Å². The molecule has 1 aromatic carbocycles. The highest BCUT2D eigenvalue weighted by Gasteiger charge is 2.26. The van der Waals surface area contributed by atoms with E-state index >= 15 is 0 Å². The maximum atomic E-state index is 11.7. The molecule has 3 N–H and O–H groups in total. The van der Waals surface area contributed by atoms with Gasteiger partial charge in [0.25, 0.3) is 0 Å². The molecule has 0 saturated carbocycles. The van der Waals surface area contributed by atoms with E-state index in [1.54, 1.807) is 14.1 Å². The van der Waals surface area contributed by atoms with Crippen LogP contribution in [0.2, 0.25) is 5.02 Å². The molecule has 0 spiro atoms. The van der Waals surface area contributed by atoms with Crippen LogP contribution in [-0.2, 0) is 11.2 Å². The summed E-state index contributed by atoms with van der Waals surface area (Å²) in [7, 11) is 3.35. The summed E-state index contributed by atoms with van der Waals surface area (Å²) < 4.78 is 0. The number of carbonyl (C=O) groups is 1. The van der Waals surface area contributed by atoms with E-state index in [2.05, 4.69) is 20.9 Å². The molecule has 5 nitrogen and oxygen atoms in total. The van der Waals surface area contributed by atoms with Crippen LogP contribution in [0.4, 0.5) is 0 Å². The predicted molar refractivity (Wildman–Crippen MR) is 108 cm³/mol. The van der Waals surface area contributed by atoms with Crippen molar-refractivity contribution in [3.8, 4) is 0 Å². The SMILES string of the molecule is CN=C(NCCc1ccc(Cl)cc1)NCC(C)(C)C(=O)NC.I. The molecule has 0 saturated heterocycles. The van der Waals surface area contributed by atoms with Crippen molar-refractivity contribution in [2.24, 2.45) is 10.4 Å². The zero-order chi connectivity index (χ0) is 16.6. The van der Waals surface area contributed by atoms with Crippen LogP contribution in [0, 0.1) is 5.41 Å². The van der Waals surface area contributed by atoms with Crippen molar-refractivity contribution >= 4 is 47.4 Å². The van der Waals surface area contributed by atoms with Gasteiger partial charge in [-0.2, -0.15) is 0 Å². The summed E-state index contributed by atoms with van der Waals surface area (Å²) in [6.45, 7) is 5.04. The third-order valence-corrected chi connectivity index (χ3v) is 3.63. The fraction of sp³-hybridized carbons (Fsp3) is 0.500. The van der Waals surface area contributed by atoms with Crippen molar-refractivity contribution in [1.82, 2.24) is 16.0 Å². The lowest BCUT2D eigenvalue weighted by Crippen LogP contribution is -2.47. The van der Waals surface area contributed by atoms with Gasteiger partial charge in [0.1, 0.15) is 0 Å². The number of carbonyl (C=O) groups excluding carboxylic acids is 1. The molecular weight excluding hydrogens is 427 g/mol. The Hall–Kier alpha value is -1.02. The van der Waals surface area contributed by atoms with E-state index < -0.39 is 5.41 Å². The topological polar surface area (TPSA) is 65.5 Å². The first-order valence-electron chi connectivity index (χ1n) is 7.30. The molecule has 1 aromatic rings. The molecule has 0 atom stereocenters. The van der Waals surface area contributed by atoms with E-state index in [4.69, 9.17) is 11.6 Å². The zero-order valence-electron chi connectivity index (χ0n) is 14.1. The van der Waals surface area contributed by atoms with E-state index in [9.17, 15) is 4.79 Å². The Kier molecular flexibility index (Phi) is 10.2. The van der Waals surface area contributed by atoms with Gasteiger partial charge in [0.05, 0.1) is 5.41 Å². The second-order valence-corrected chi connectivity index (χ2v) is 6.13. The van der Waals surface area contributed by atoms with Gasteiger partial charge >= 0.3 is 0 Å². The summed E-state index contributed by atoms with van der Waals surface area (Å²) in [5.74, 6) is 0.683. The lowest BCUT2D eigenvalue weighted by Gasteiger charge is -2.24. The lowest BCUT2D eigenvalue weighted by molar-refractivity contribution is -0.128. The second kappa shape index (κ2) is 10.7. The van der Waals surface area contributed by atoms with Crippen molar-refractivity contribution < 1.29 is 4.79 Å². The Morgan fingerprint density at radius 3 is 2.35 bits per heavy atom. The standard InChI is InChI=1S/C16H25ClN4O.HI/c1-16(2,14(22)18-3)11-21-15(19-4)20-10-9-12-5-7-13(17)8-6-12;/h5-8H,9-11H2,1-4H3,(H,18,22)(H2,19,20,21);1H. The van der Waals surface area contributed by atoms with Crippen molar-refractivity contribution in [2.75, 3.05) is 27.2 Å². The van der Waals surface area contributed by atoms with Gasteiger partial charge < -0.3 is 16.0 Å². The van der Waals surface area contributed by atoms with Crippen molar-refractivity contribution in [3.63, 3.8) is 0 Å². The third kappa shape index (κ3) is 7.87. The fourth-order valence-electron chi connectivity index (χ4n) is 1.92. The van der Waals surface area contributed by atoms with Gasteiger partial charge in [-0.1, -0.05) is 23.7 Å². The molecule has 0 radical (unpaired) electrons. The minimum atomic E-state index is -0.497. The Labute approximate surface area is 160 Å². The van der Waals surface area contributed by atoms with Gasteiger partial charge in [-0.05, 0) is 38.0 Å². The van der Waals surface area contributed by atoms with Crippen molar-refractivity contribution in [2.45, 2.75) is 20.3 Å². The van der Waals surface area contributed by atoms with E-state index in [0.717, 1.165) is 18.0 Å². The number of amides is 1. The minimum Gasteiger partial charge on any atom is -0.359 e. The van der Waals surface area contributed by atoms with Crippen molar-refractivity contribution in [3.05, 3.63) is 34.9 Å². The Bertz CT molecular complexity index is 517. The molecule has 0 fully saturated rings. The number of hydrogen-bond donors (Lipinski definition) is 3. The van der Waals surface area contributed by atoms with Gasteiger partial charge in [-0.15, -0.1) is 24.0 Å². The molecule has 0 unspecified atom stereocenters. The van der Waals surface area contributed by atoms with Crippen LogP contribution in [0.1, 0.15) is 19.4 Å². The maximum Gasteiger partial charge on any atom is 0.227 e. The summed E-state index contributed by atoms with van der Waals surface area (Å²) in [5, 5.41) is 9.82. The second-order valence-electron chi connectivity index (χ2n) is 5.69. The molecule has 0 aromatic heterocycles. The van der Waals surface area contributed by atoms with Crippen LogP contribution in [0.15, 0.2) is 29.3 Å². The zero-order valence-corrected chi connectivity index (χ0v) is 17.2. The number of halogens is 2. The molecule has 130 valence electrons. The first-order valence-corrected chi connectivity index (χ1v) is 7.68. The summed E-state index contributed by atoms with van der Waals surface area (Å²) >= 11 is 5.86. The first-order chi connectivity index (χ1) is 10.4. The van der Waals surface area contributed by atoms with Crippen LogP contribution in [-0.4, -0.2) is 39.1 Å². The number of rotatable bonds is 6. The van der Waals surface area contributed by atoms with Crippen molar-refractivity contribution in [1.29, 1.82) is 0 Å². The average Bonchev–Trinajstić information content (AvgIpc) is 2.51. The Morgan fingerprint density at radius 1 is 1.22 bits per heavy atom. The van der Waals surface area contributed by atoms with Crippen LogP contribution in [0.5, 0.6) is 0 Å². The summed E-state index contributed by atoms with van der Waals surface area (Å²) in [6, 6.07) is 7.79. The van der Waals surface area contributed by atoms with E-state index in [1.165, 1.54) is 5.56 Å². The third-order valence-electron chi connectivity index (χ3n) is 3.38. The molecule has 1 amide bonds. The van der Waals surface area contributed by atoms with Gasteiger partial charge in [0.15, 0.2) is 5.96 Å². The van der Waals surface area contributed by atoms with Crippen LogP contribution >= 0.6 is 35.6 Å². The molecule has 0 aliphatic carbocycles. The lowest BCUT2D eigenvalue weighted by atomic mass is 9.92. The summed E-state index contributed by atoms with van der Waals surface area (Å²) in [5.41, 5.74) is 0.709. The summed E-state index contributed by atoms with van der Waals surface area (Å²) in [6.07, 6.45) is 0.872. The number of hydrogen-bond acceptors (Lipinski definition) is 2. The molecule has 0 aliphatic rings. The Balaban J connectivity index is 0.00000484. The van der Waals surface area contributed by atoms with Crippen LogP contribution < -0.4 is 16.0 Å². The monoisotopic (exact) mass is 452 g/mol. The number of nitrogens with zero attached hydrogens (tertiary/aromatic N) is 1. The highest BCUT2D eigenvalue weighted by atomic mass is 127.